The van der Waals surface area contributed by atoms with Crippen molar-refractivity contribution >= 4 is 6.09 Å². The Hall–Kier alpha value is -2.02. The zero-order valence-corrected chi connectivity index (χ0v) is 9.72. The summed E-state index contributed by atoms with van der Waals surface area (Å²) in [5, 5.41) is 8.82. The molecular weight excluding hydrogens is 216 g/mol. The molecule has 0 saturated carbocycles. The molecule has 2 rings (SSSR count). The summed E-state index contributed by atoms with van der Waals surface area (Å²) >= 11 is 0. The van der Waals surface area contributed by atoms with E-state index in [9.17, 15) is 4.79 Å². The molecule has 4 nitrogen and oxygen atoms in total. The number of hydrogen-bond acceptors (Lipinski definition) is 3. The third kappa shape index (κ3) is 2.56. The molecule has 17 heavy (non-hydrogen) atoms. The molecule has 88 valence electrons. The number of carbonyl (C=O) groups excluding carboxylic acids is 1. The first-order valence-electron chi connectivity index (χ1n) is 5.50. The Morgan fingerprint density at radius 2 is 2.12 bits per heavy atom. The van der Waals surface area contributed by atoms with Crippen LogP contribution in [0.4, 0.5) is 4.79 Å². The molecule has 1 aromatic carbocycles. The molecule has 0 N–H and O–H groups in total. The molecule has 0 aromatic heterocycles. The number of amides is 1. The first-order valence-corrected chi connectivity index (χ1v) is 5.50. The lowest BCUT2D eigenvalue weighted by Crippen LogP contribution is -2.56. The maximum atomic E-state index is 11.6. The van der Waals surface area contributed by atoms with Crippen molar-refractivity contribution in [2.75, 3.05) is 13.1 Å². The van der Waals surface area contributed by atoms with E-state index in [1.807, 2.05) is 37.3 Å². The Kier molecular flexibility index (Phi) is 3.01. The van der Waals surface area contributed by atoms with Crippen LogP contribution in [0.15, 0.2) is 30.3 Å². The molecule has 0 unspecified atom stereocenters. The fraction of sp³-hybridized carbons (Fsp3) is 0.385. The minimum absolute atomic E-state index is 0.277. The lowest BCUT2D eigenvalue weighted by molar-refractivity contribution is 0.0306. The summed E-state index contributed by atoms with van der Waals surface area (Å²) in [7, 11) is 0. The predicted molar refractivity (Wildman–Crippen MR) is 61.9 cm³/mol. The molecule has 1 amide bonds. The first kappa shape index (κ1) is 11.5. The van der Waals surface area contributed by atoms with Gasteiger partial charge in [0.15, 0.2) is 0 Å². The molecule has 1 saturated heterocycles. The Bertz CT molecular complexity index is 444. The van der Waals surface area contributed by atoms with Gasteiger partial charge in [0.1, 0.15) is 6.61 Å². The van der Waals surface area contributed by atoms with E-state index in [2.05, 4.69) is 6.07 Å². The normalized spacial score (nSPS) is 16.8. The molecule has 1 aliphatic rings. The van der Waals surface area contributed by atoms with E-state index in [0.717, 1.165) is 5.56 Å². The highest BCUT2D eigenvalue weighted by Gasteiger charge is 2.42. The number of ether oxygens (including phenoxy) is 1. The summed E-state index contributed by atoms with van der Waals surface area (Å²) in [6.07, 6.45) is -0.346. The van der Waals surface area contributed by atoms with Crippen LogP contribution in [-0.4, -0.2) is 24.1 Å². The van der Waals surface area contributed by atoms with Crippen molar-refractivity contribution in [1.82, 2.24) is 4.90 Å². The molecule has 1 heterocycles. The quantitative estimate of drug-likeness (QED) is 0.782. The average molecular weight is 230 g/mol. The predicted octanol–water partition coefficient (Wildman–Crippen LogP) is 2.17. The van der Waals surface area contributed by atoms with Gasteiger partial charge >= 0.3 is 6.09 Å². The largest absolute Gasteiger partial charge is 0.445 e. The number of hydrogen-bond donors (Lipinski definition) is 0. The standard InChI is InChI=1S/C13H14N2O2/c1-13(8-14)9-15(10-13)12(16)17-7-11-5-3-2-4-6-11/h2-6H,7,9-10H2,1H3. The van der Waals surface area contributed by atoms with Crippen molar-refractivity contribution in [2.45, 2.75) is 13.5 Å². The summed E-state index contributed by atoms with van der Waals surface area (Å²) in [5.41, 5.74) is 0.565. The smallest absolute Gasteiger partial charge is 0.410 e. The van der Waals surface area contributed by atoms with Crippen LogP contribution in [0.5, 0.6) is 0 Å². The Balaban J connectivity index is 1.79. The third-order valence-corrected chi connectivity index (χ3v) is 2.81. The second kappa shape index (κ2) is 4.46. The van der Waals surface area contributed by atoms with Crippen LogP contribution in [0.1, 0.15) is 12.5 Å². The number of likely N-dealkylation sites (tertiary alicyclic amines) is 1. The Morgan fingerprint density at radius 3 is 2.71 bits per heavy atom. The van der Waals surface area contributed by atoms with E-state index >= 15 is 0 Å². The lowest BCUT2D eigenvalue weighted by atomic mass is 9.84. The fourth-order valence-corrected chi connectivity index (χ4v) is 1.81. The van der Waals surface area contributed by atoms with Gasteiger partial charge in [-0.15, -0.1) is 0 Å². The molecular formula is C13H14N2O2. The van der Waals surface area contributed by atoms with Gasteiger partial charge in [-0.25, -0.2) is 4.79 Å². The van der Waals surface area contributed by atoms with E-state index in [0.29, 0.717) is 13.1 Å². The average Bonchev–Trinajstić information content (AvgIpc) is 2.33. The van der Waals surface area contributed by atoms with Gasteiger partial charge in [-0.05, 0) is 12.5 Å². The molecule has 1 aromatic rings. The lowest BCUT2D eigenvalue weighted by Gasteiger charge is -2.42. The number of rotatable bonds is 2. The SMILES string of the molecule is CC1(C#N)CN(C(=O)OCc2ccccc2)C1. The summed E-state index contributed by atoms with van der Waals surface area (Å²) < 4.78 is 5.15. The molecule has 0 atom stereocenters. The van der Waals surface area contributed by atoms with Gasteiger partial charge in [-0.1, -0.05) is 30.3 Å². The number of carbonyl (C=O) groups is 1. The highest BCUT2D eigenvalue weighted by Crippen LogP contribution is 2.29. The molecule has 1 fully saturated rings. The summed E-state index contributed by atoms with van der Waals surface area (Å²) in [5.74, 6) is 0. The van der Waals surface area contributed by atoms with Crippen LogP contribution in [0.3, 0.4) is 0 Å². The second-order valence-electron chi connectivity index (χ2n) is 4.57. The molecule has 4 heteroatoms. The third-order valence-electron chi connectivity index (χ3n) is 2.81. The van der Waals surface area contributed by atoms with E-state index < -0.39 is 5.41 Å². The van der Waals surface area contributed by atoms with Gasteiger partial charge in [0.25, 0.3) is 0 Å². The van der Waals surface area contributed by atoms with Crippen LogP contribution in [0.2, 0.25) is 0 Å². The maximum Gasteiger partial charge on any atom is 0.410 e. The van der Waals surface area contributed by atoms with E-state index in [1.54, 1.807) is 4.90 Å². The molecule has 1 aliphatic heterocycles. The number of benzene rings is 1. The van der Waals surface area contributed by atoms with Crippen molar-refractivity contribution in [3.63, 3.8) is 0 Å². The van der Waals surface area contributed by atoms with Crippen LogP contribution in [0.25, 0.3) is 0 Å². The van der Waals surface area contributed by atoms with Crippen LogP contribution in [0, 0.1) is 16.7 Å². The van der Waals surface area contributed by atoms with Gasteiger partial charge in [0.05, 0.1) is 11.5 Å². The first-order chi connectivity index (χ1) is 8.13. The van der Waals surface area contributed by atoms with Crippen molar-refractivity contribution < 1.29 is 9.53 Å². The van der Waals surface area contributed by atoms with E-state index in [4.69, 9.17) is 10.00 Å². The second-order valence-corrected chi connectivity index (χ2v) is 4.57. The molecule has 0 radical (unpaired) electrons. The Morgan fingerprint density at radius 1 is 1.47 bits per heavy atom. The van der Waals surface area contributed by atoms with Crippen molar-refractivity contribution in [3.8, 4) is 6.07 Å². The van der Waals surface area contributed by atoms with Crippen LogP contribution < -0.4 is 0 Å². The monoisotopic (exact) mass is 230 g/mol. The number of nitrogens with zero attached hydrogens (tertiary/aromatic N) is 2. The van der Waals surface area contributed by atoms with Crippen LogP contribution >= 0.6 is 0 Å². The molecule has 0 spiro atoms. The van der Waals surface area contributed by atoms with Gasteiger partial charge < -0.3 is 9.64 Å². The molecule has 0 aliphatic carbocycles. The van der Waals surface area contributed by atoms with Gasteiger partial charge in [0.2, 0.25) is 0 Å². The fourth-order valence-electron chi connectivity index (χ4n) is 1.81. The van der Waals surface area contributed by atoms with Crippen molar-refractivity contribution in [3.05, 3.63) is 35.9 Å². The van der Waals surface area contributed by atoms with Crippen molar-refractivity contribution in [2.24, 2.45) is 5.41 Å². The molecule has 0 bridgehead atoms. The maximum absolute atomic E-state index is 11.6. The number of nitriles is 1. The minimum atomic E-state index is -0.397. The Labute approximate surface area is 100 Å². The summed E-state index contributed by atoms with van der Waals surface area (Å²) in [6.45, 7) is 3.03. The highest BCUT2D eigenvalue weighted by molar-refractivity contribution is 5.69. The zero-order valence-electron chi connectivity index (χ0n) is 9.72. The summed E-state index contributed by atoms with van der Waals surface area (Å²) in [4.78, 5) is 13.1. The van der Waals surface area contributed by atoms with Gasteiger partial charge in [-0.2, -0.15) is 5.26 Å². The van der Waals surface area contributed by atoms with Gasteiger partial charge in [-0.3, -0.25) is 0 Å². The highest BCUT2D eigenvalue weighted by atomic mass is 16.6. The van der Waals surface area contributed by atoms with E-state index in [-0.39, 0.29) is 12.7 Å². The topological polar surface area (TPSA) is 53.3 Å². The minimum Gasteiger partial charge on any atom is -0.445 e. The van der Waals surface area contributed by atoms with Crippen LogP contribution in [-0.2, 0) is 11.3 Å². The summed E-state index contributed by atoms with van der Waals surface area (Å²) in [6, 6.07) is 11.7. The van der Waals surface area contributed by atoms with Gasteiger partial charge in [0, 0.05) is 13.1 Å². The van der Waals surface area contributed by atoms with Crippen molar-refractivity contribution in [1.29, 1.82) is 5.26 Å². The zero-order chi connectivity index (χ0) is 12.3. The van der Waals surface area contributed by atoms with E-state index in [1.165, 1.54) is 0 Å².